The summed E-state index contributed by atoms with van der Waals surface area (Å²) in [5.41, 5.74) is 9.85. The van der Waals surface area contributed by atoms with Crippen LogP contribution in [-0.4, -0.2) is 20.5 Å². The summed E-state index contributed by atoms with van der Waals surface area (Å²) in [7, 11) is 0. The van der Waals surface area contributed by atoms with Gasteiger partial charge in [0.1, 0.15) is 4.99 Å². The van der Waals surface area contributed by atoms with Crippen molar-refractivity contribution in [3.63, 3.8) is 0 Å². The second kappa shape index (κ2) is 5.75. The largest absolute Gasteiger partial charge is 0.389 e. The smallest absolute Gasteiger partial charge is 0.107 e. The fourth-order valence-corrected chi connectivity index (χ4v) is 3.22. The van der Waals surface area contributed by atoms with Crippen LogP contribution in [0.5, 0.6) is 0 Å². The minimum Gasteiger partial charge on any atom is -0.389 e. The molecule has 0 radical (unpaired) electrons. The van der Waals surface area contributed by atoms with Crippen LogP contribution >= 0.6 is 24.0 Å². The molecular formula is C14H17N3S2. The standard InChI is InChI=1S/C14H17N3S2/c1-4-19-12-7-5-6-11(13(12)14(15)18)17-10(3)8-9(2)16-17/h5-8H,4H2,1-3H3,(H2,15,18). The molecular weight excluding hydrogens is 274 g/mol. The molecule has 1 aromatic heterocycles. The average molecular weight is 291 g/mol. The molecule has 2 N–H and O–H groups in total. The van der Waals surface area contributed by atoms with Crippen molar-refractivity contribution < 1.29 is 0 Å². The highest BCUT2D eigenvalue weighted by Gasteiger charge is 2.14. The Balaban J connectivity index is 2.66. The third-order valence-electron chi connectivity index (χ3n) is 2.79. The first-order valence-corrected chi connectivity index (χ1v) is 7.53. The van der Waals surface area contributed by atoms with Gasteiger partial charge < -0.3 is 5.73 Å². The van der Waals surface area contributed by atoms with Crippen molar-refractivity contribution in [2.24, 2.45) is 5.73 Å². The van der Waals surface area contributed by atoms with E-state index in [4.69, 9.17) is 18.0 Å². The maximum Gasteiger partial charge on any atom is 0.107 e. The molecule has 0 saturated carbocycles. The molecule has 1 heterocycles. The van der Waals surface area contributed by atoms with Gasteiger partial charge in [0.05, 0.1) is 11.4 Å². The number of aromatic nitrogens is 2. The summed E-state index contributed by atoms with van der Waals surface area (Å²) in [5, 5.41) is 4.52. The number of nitrogens with zero attached hydrogens (tertiary/aromatic N) is 2. The highest BCUT2D eigenvalue weighted by atomic mass is 32.2. The zero-order chi connectivity index (χ0) is 14.0. The van der Waals surface area contributed by atoms with E-state index in [1.165, 1.54) is 0 Å². The lowest BCUT2D eigenvalue weighted by atomic mass is 10.1. The Labute approximate surface area is 123 Å². The molecule has 0 aliphatic heterocycles. The first-order valence-electron chi connectivity index (χ1n) is 6.13. The van der Waals surface area contributed by atoms with Crippen LogP contribution in [-0.2, 0) is 0 Å². The Kier molecular flexibility index (Phi) is 4.27. The van der Waals surface area contributed by atoms with E-state index in [0.717, 1.165) is 33.3 Å². The summed E-state index contributed by atoms with van der Waals surface area (Å²) >= 11 is 6.97. The van der Waals surface area contributed by atoms with E-state index in [1.54, 1.807) is 11.8 Å². The van der Waals surface area contributed by atoms with Crippen LogP contribution in [0.2, 0.25) is 0 Å². The van der Waals surface area contributed by atoms with Gasteiger partial charge in [-0.2, -0.15) is 5.10 Å². The lowest BCUT2D eigenvalue weighted by Crippen LogP contribution is -2.16. The van der Waals surface area contributed by atoms with E-state index >= 15 is 0 Å². The van der Waals surface area contributed by atoms with Crippen LogP contribution in [0.1, 0.15) is 23.9 Å². The third kappa shape index (κ3) is 2.82. The van der Waals surface area contributed by atoms with E-state index in [0.29, 0.717) is 4.99 Å². The van der Waals surface area contributed by atoms with Crippen molar-refractivity contribution in [1.29, 1.82) is 0 Å². The molecule has 0 saturated heterocycles. The van der Waals surface area contributed by atoms with Crippen LogP contribution in [0.3, 0.4) is 0 Å². The molecule has 100 valence electrons. The lowest BCUT2D eigenvalue weighted by Gasteiger charge is -2.14. The van der Waals surface area contributed by atoms with Crippen molar-refractivity contribution in [2.75, 3.05) is 5.75 Å². The molecule has 0 fully saturated rings. The fourth-order valence-electron chi connectivity index (χ4n) is 2.09. The van der Waals surface area contributed by atoms with Crippen LogP contribution in [0.25, 0.3) is 5.69 Å². The normalized spacial score (nSPS) is 10.7. The fraction of sp³-hybridized carbons (Fsp3) is 0.286. The maximum atomic E-state index is 5.92. The van der Waals surface area contributed by atoms with Crippen molar-refractivity contribution in [2.45, 2.75) is 25.7 Å². The summed E-state index contributed by atoms with van der Waals surface area (Å²) in [6.45, 7) is 6.13. The van der Waals surface area contributed by atoms with Crippen LogP contribution in [0, 0.1) is 13.8 Å². The van der Waals surface area contributed by atoms with Crippen molar-refractivity contribution in [3.05, 3.63) is 41.2 Å². The Morgan fingerprint density at radius 2 is 2.16 bits per heavy atom. The number of benzene rings is 1. The van der Waals surface area contributed by atoms with Crippen molar-refractivity contribution >= 4 is 29.0 Å². The monoisotopic (exact) mass is 291 g/mol. The zero-order valence-electron chi connectivity index (χ0n) is 11.3. The van der Waals surface area contributed by atoms with Gasteiger partial charge in [0.2, 0.25) is 0 Å². The molecule has 0 bridgehead atoms. The van der Waals surface area contributed by atoms with Crippen molar-refractivity contribution in [1.82, 2.24) is 9.78 Å². The van der Waals surface area contributed by atoms with Crippen LogP contribution in [0.4, 0.5) is 0 Å². The maximum absolute atomic E-state index is 5.92. The number of thioether (sulfide) groups is 1. The molecule has 2 aromatic rings. The van der Waals surface area contributed by atoms with Crippen LogP contribution in [0.15, 0.2) is 29.2 Å². The highest BCUT2D eigenvalue weighted by molar-refractivity contribution is 7.99. The summed E-state index contributed by atoms with van der Waals surface area (Å²) < 4.78 is 1.91. The molecule has 0 aliphatic carbocycles. The second-order valence-corrected chi connectivity index (χ2v) is 6.03. The van der Waals surface area contributed by atoms with Gasteiger partial charge in [0.15, 0.2) is 0 Å². The van der Waals surface area contributed by atoms with E-state index < -0.39 is 0 Å². The molecule has 0 aliphatic rings. The first-order chi connectivity index (χ1) is 9.04. The topological polar surface area (TPSA) is 43.8 Å². The van der Waals surface area contributed by atoms with E-state index in [-0.39, 0.29) is 0 Å². The summed E-state index contributed by atoms with van der Waals surface area (Å²) in [6.07, 6.45) is 0. The quantitative estimate of drug-likeness (QED) is 0.694. The van der Waals surface area contributed by atoms with Gasteiger partial charge >= 0.3 is 0 Å². The SMILES string of the molecule is CCSc1cccc(-n2nc(C)cc2C)c1C(N)=S. The summed E-state index contributed by atoms with van der Waals surface area (Å²) in [4.78, 5) is 1.53. The molecule has 3 nitrogen and oxygen atoms in total. The molecule has 19 heavy (non-hydrogen) atoms. The van der Waals surface area contributed by atoms with Gasteiger partial charge in [-0.25, -0.2) is 4.68 Å². The summed E-state index contributed by atoms with van der Waals surface area (Å²) in [5.74, 6) is 0.982. The number of nitrogens with two attached hydrogens (primary N) is 1. The van der Waals surface area contributed by atoms with Gasteiger partial charge in [-0.05, 0) is 37.8 Å². The molecule has 0 spiro atoms. The van der Waals surface area contributed by atoms with Gasteiger partial charge in [0, 0.05) is 16.2 Å². The first kappa shape index (κ1) is 14.1. The van der Waals surface area contributed by atoms with E-state index in [1.807, 2.05) is 36.7 Å². The number of thiocarbonyl (C=S) groups is 1. The molecule has 5 heteroatoms. The minimum atomic E-state index is 0.416. The number of hydrogen-bond donors (Lipinski definition) is 1. The van der Waals surface area contributed by atoms with E-state index in [2.05, 4.69) is 18.1 Å². The van der Waals surface area contributed by atoms with Gasteiger partial charge in [-0.1, -0.05) is 25.2 Å². The molecule has 0 atom stereocenters. The average Bonchev–Trinajstić information content (AvgIpc) is 2.68. The van der Waals surface area contributed by atoms with Crippen LogP contribution < -0.4 is 5.73 Å². The van der Waals surface area contributed by atoms with Gasteiger partial charge in [-0.15, -0.1) is 11.8 Å². The van der Waals surface area contributed by atoms with Gasteiger partial charge in [0.25, 0.3) is 0 Å². The van der Waals surface area contributed by atoms with Gasteiger partial charge in [-0.3, -0.25) is 0 Å². The second-order valence-electron chi connectivity index (χ2n) is 4.29. The Morgan fingerprint density at radius 3 is 2.68 bits per heavy atom. The Bertz CT molecular complexity index is 617. The molecule has 0 amide bonds. The highest BCUT2D eigenvalue weighted by Crippen LogP contribution is 2.28. The third-order valence-corrected chi connectivity index (χ3v) is 3.93. The van der Waals surface area contributed by atoms with E-state index in [9.17, 15) is 0 Å². The minimum absolute atomic E-state index is 0.416. The number of hydrogen-bond acceptors (Lipinski definition) is 3. The molecule has 2 rings (SSSR count). The zero-order valence-corrected chi connectivity index (χ0v) is 12.9. The Morgan fingerprint density at radius 1 is 1.42 bits per heavy atom. The summed E-state index contributed by atoms with van der Waals surface area (Å²) in [6, 6.07) is 8.13. The predicted molar refractivity (Wildman–Crippen MR) is 85.3 cm³/mol. The van der Waals surface area contributed by atoms with Crippen molar-refractivity contribution in [3.8, 4) is 5.69 Å². The molecule has 0 unspecified atom stereocenters. The predicted octanol–water partition coefficient (Wildman–Crippen LogP) is 3.24. The molecule has 1 aromatic carbocycles. The Hall–Kier alpha value is -1.33. The number of aryl methyl sites for hydroxylation is 2. The number of rotatable bonds is 4. The lowest BCUT2D eigenvalue weighted by molar-refractivity contribution is 0.829.